The van der Waals surface area contributed by atoms with Gasteiger partial charge in [0.1, 0.15) is 11.7 Å². The second-order valence-corrected chi connectivity index (χ2v) is 17.4. The topological polar surface area (TPSA) is 36.8 Å². The van der Waals surface area contributed by atoms with Crippen molar-refractivity contribution in [2.75, 3.05) is 0 Å². The highest BCUT2D eigenvalue weighted by molar-refractivity contribution is 6.20. The third-order valence-electron chi connectivity index (χ3n) is 13.6. The molecule has 3 heteroatoms. The van der Waals surface area contributed by atoms with Crippen LogP contribution in [0.2, 0.25) is 0 Å². The van der Waals surface area contributed by atoms with E-state index in [0.717, 1.165) is 82.7 Å². The zero-order valence-corrected chi connectivity index (χ0v) is 35.9. The first-order chi connectivity index (χ1) is 30.6. The Morgan fingerprint density at radius 1 is 0.645 bits per heavy atom. The summed E-state index contributed by atoms with van der Waals surface area (Å²) in [6.45, 7) is 4.83. The maximum absolute atomic E-state index is 5.61. The normalized spacial score (nSPS) is 22.0. The van der Waals surface area contributed by atoms with Crippen LogP contribution in [-0.2, 0) is 0 Å². The van der Waals surface area contributed by atoms with Gasteiger partial charge in [-0.15, -0.1) is 0 Å². The third kappa shape index (κ3) is 7.89. The zero-order valence-electron chi connectivity index (χ0n) is 35.9. The van der Waals surface area contributed by atoms with Crippen LogP contribution >= 0.6 is 0 Å². The van der Waals surface area contributed by atoms with Crippen molar-refractivity contribution in [3.8, 4) is 22.3 Å². The Kier molecular flexibility index (Phi) is 11.4. The summed E-state index contributed by atoms with van der Waals surface area (Å²) in [6, 6.07) is 45.4. The highest BCUT2D eigenvalue weighted by atomic mass is 15.2. The van der Waals surface area contributed by atoms with E-state index in [9.17, 15) is 0 Å². The first-order valence-electron chi connectivity index (χ1n) is 22.8. The molecular weight excluding hydrogens is 751 g/mol. The van der Waals surface area contributed by atoms with Gasteiger partial charge < -0.3 is 5.32 Å². The summed E-state index contributed by atoms with van der Waals surface area (Å²) >= 11 is 0. The summed E-state index contributed by atoms with van der Waals surface area (Å²) in [7, 11) is 0. The lowest BCUT2D eigenvalue weighted by Gasteiger charge is -2.33. The van der Waals surface area contributed by atoms with Gasteiger partial charge in [-0.1, -0.05) is 208 Å². The van der Waals surface area contributed by atoms with Gasteiger partial charge in [-0.2, -0.15) is 0 Å². The van der Waals surface area contributed by atoms with E-state index < -0.39 is 6.17 Å². The molecule has 5 aromatic carbocycles. The molecular formula is C59H55N3. The van der Waals surface area contributed by atoms with Crippen LogP contribution in [0.1, 0.15) is 92.3 Å². The van der Waals surface area contributed by atoms with E-state index in [1.807, 2.05) is 0 Å². The van der Waals surface area contributed by atoms with Crippen molar-refractivity contribution in [2.24, 2.45) is 27.7 Å². The van der Waals surface area contributed by atoms with Crippen molar-refractivity contribution in [1.29, 1.82) is 0 Å². The Morgan fingerprint density at radius 2 is 1.31 bits per heavy atom. The van der Waals surface area contributed by atoms with Crippen molar-refractivity contribution in [3.63, 3.8) is 0 Å². The van der Waals surface area contributed by atoms with Gasteiger partial charge in [0.05, 0.1) is 0 Å². The van der Waals surface area contributed by atoms with Gasteiger partial charge >= 0.3 is 0 Å². The van der Waals surface area contributed by atoms with Crippen LogP contribution < -0.4 is 5.32 Å². The molecule has 5 atom stereocenters. The van der Waals surface area contributed by atoms with Crippen LogP contribution in [-0.4, -0.2) is 11.7 Å². The molecule has 5 aliphatic rings. The highest BCUT2D eigenvalue weighted by Crippen LogP contribution is 2.45. The summed E-state index contributed by atoms with van der Waals surface area (Å²) in [6.07, 6.45) is 30.1. The molecule has 0 saturated heterocycles. The van der Waals surface area contributed by atoms with Crippen LogP contribution in [0.4, 0.5) is 0 Å². The van der Waals surface area contributed by atoms with Gasteiger partial charge in [-0.05, 0) is 100 Å². The average molecular weight is 806 g/mol. The number of rotatable bonds is 10. The first kappa shape index (κ1) is 39.5. The Balaban J connectivity index is 1.06. The van der Waals surface area contributed by atoms with E-state index in [2.05, 4.69) is 207 Å². The van der Waals surface area contributed by atoms with Crippen LogP contribution in [0.15, 0.2) is 214 Å². The number of hydrogen-bond donors (Lipinski definition) is 1. The van der Waals surface area contributed by atoms with Gasteiger partial charge in [0.15, 0.2) is 6.17 Å². The van der Waals surface area contributed by atoms with E-state index in [-0.39, 0.29) is 0 Å². The van der Waals surface area contributed by atoms with Crippen LogP contribution in [0.25, 0.3) is 28.3 Å². The summed E-state index contributed by atoms with van der Waals surface area (Å²) < 4.78 is 0. The maximum atomic E-state index is 5.61. The number of amidine groups is 2. The molecule has 5 aromatic rings. The summed E-state index contributed by atoms with van der Waals surface area (Å²) in [4.78, 5) is 11.1. The summed E-state index contributed by atoms with van der Waals surface area (Å²) in [5.41, 5.74) is 16.6. The average Bonchev–Trinajstić information content (AvgIpc) is 3.56. The molecule has 0 radical (unpaired) electrons. The van der Waals surface area contributed by atoms with Crippen LogP contribution in [0.5, 0.6) is 0 Å². The van der Waals surface area contributed by atoms with Gasteiger partial charge in [0.2, 0.25) is 0 Å². The van der Waals surface area contributed by atoms with Gasteiger partial charge in [-0.25, -0.2) is 9.98 Å². The minimum absolute atomic E-state index is 0.369. The molecule has 62 heavy (non-hydrogen) atoms. The molecule has 1 heterocycles. The Labute approximate surface area is 368 Å². The number of fused-ring (bicyclic) bond motifs is 2. The van der Waals surface area contributed by atoms with Gasteiger partial charge in [0, 0.05) is 28.5 Å². The summed E-state index contributed by atoms with van der Waals surface area (Å²) in [5.74, 6) is 3.41. The number of aliphatic imine (C=N–C) groups is 2. The predicted molar refractivity (Wildman–Crippen MR) is 261 cm³/mol. The Hall–Kier alpha value is -6.58. The number of hydrogen-bond acceptors (Lipinski definition) is 3. The second-order valence-electron chi connectivity index (χ2n) is 17.4. The quantitative estimate of drug-likeness (QED) is 0.150. The molecule has 1 N–H and O–H groups in total. The van der Waals surface area contributed by atoms with E-state index in [0.29, 0.717) is 23.7 Å². The molecule has 10 rings (SSSR count). The van der Waals surface area contributed by atoms with E-state index in [4.69, 9.17) is 9.98 Å². The molecule has 3 unspecified atom stereocenters. The van der Waals surface area contributed by atoms with Crippen molar-refractivity contribution in [1.82, 2.24) is 5.32 Å². The van der Waals surface area contributed by atoms with Crippen molar-refractivity contribution < 1.29 is 0 Å². The fourth-order valence-electron chi connectivity index (χ4n) is 10.5. The predicted octanol–water partition coefficient (Wildman–Crippen LogP) is 14.7. The fraction of sp³-hybridized carbons (Fsp3) is 0.220. The molecule has 4 aliphatic carbocycles. The lowest BCUT2D eigenvalue weighted by atomic mass is 9.72. The monoisotopic (exact) mass is 805 g/mol. The summed E-state index contributed by atoms with van der Waals surface area (Å²) in [5, 5.41) is 3.77. The minimum Gasteiger partial charge on any atom is -0.324 e. The van der Waals surface area contributed by atoms with E-state index >= 15 is 0 Å². The molecule has 1 aliphatic heterocycles. The lowest BCUT2D eigenvalue weighted by molar-refractivity contribution is 0.557. The molecule has 306 valence electrons. The van der Waals surface area contributed by atoms with Gasteiger partial charge in [0.25, 0.3) is 0 Å². The van der Waals surface area contributed by atoms with Gasteiger partial charge in [-0.3, -0.25) is 0 Å². The Bertz CT molecular complexity index is 2680. The molecule has 0 bridgehead atoms. The van der Waals surface area contributed by atoms with Crippen molar-refractivity contribution >= 4 is 17.7 Å². The second kappa shape index (κ2) is 17.8. The minimum atomic E-state index is -0.440. The van der Waals surface area contributed by atoms with E-state index in [1.165, 1.54) is 28.7 Å². The largest absolute Gasteiger partial charge is 0.324 e. The SMILES string of the molecule is CCC(C1=C[C@@H]2CCC=CC2=CC=C1)C1=C(CC2CC=Cc3c2cccc3C2N=C(c3ccccc3)NC(c3c(-c4ccccc4)cccc3-c3ccccc3)=N2)[C@@H](C)CC=C1. The molecule has 0 aromatic heterocycles. The highest BCUT2D eigenvalue weighted by Gasteiger charge is 2.31. The maximum Gasteiger partial charge on any atom is 0.170 e. The lowest BCUT2D eigenvalue weighted by Crippen LogP contribution is -2.36. The number of nitrogens with zero attached hydrogens (tertiary/aromatic N) is 2. The number of allylic oxidation sites excluding steroid dienone is 13. The zero-order chi connectivity index (χ0) is 41.8. The molecule has 0 spiro atoms. The molecule has 0 fully saturated rings. The standard InChI is InChI=1S/C59H55N3/c1-3-48(46-30-16-29-41-21-13-14-28-45(41)38-46)52-35-15-20-40(2)55(52)39-47-31-17-36-53-49(47)32-18-37-54(53)58-60-57(44-26-11-6-12-27-44)61-59(62-58)56-50(42-22-7-4-8-23-42)33-19-34-51(56)43-24-9-5-10-25-43/h4-13,15-19,21-27,29-30,32-38,40,45,47-48,58H,3,14,20,28,31,39H2,1-2H3,(H,60,61,62)/t40-,45-,47?,48?,58?/m0/s1. The Morgan fingerprint density at radius 3 is 2.03 bits per heavy atom. The van der Waals surface area contributed by atoms with Crippen molar-refractivity contribution in [3.05, 3.63) is 232 Å². The van der Waals surface area contributed by atoms with Crippen LogP contribution in [0.3, 0.4) is 0 Å². The van der Waals surface area contributed by atoms with Crippen molar-refractivity contribution in [2.45, 2.75) is 64.5 Å². The smallest absolute Gasteiger partial charge is 0.170 e. The fourth-order valence-corrected chi connectivity index (χ4v) is 10.5. The molecule has 3 nitrogen and oxygen atoms in total. The first-order valence-corrected chi connectivity index (χ1v) is 22.8. The number of nitrogens with one attached hydrogen (secondary N) is 1. The van der Waals surface area contributed by atoms with E-state index in [1.54, 1.807) is 11.1 Å². The molecule has 0 amide bonds. The molecule has 0 saturated carbocycles. The third-order valence-corrected chi connectivity index (χ3v) is 13.6. The number of benzene rings is 5. The van der Waals surface area contributed by atoms with Crippen LogP contribution in [0, 0.1) is 17.8 Å².